The first-order chi connectivity index (χ1) is 10.3. The summed E-state index contributed by atoms with van der Waals surface area (Å²) < 4.78 is 0. The number of aliphatic hydroxyl groups is 1. The van der Waals surface area contributed by atoms with Crippen LogP contribution in [0.15, 0.2) is 42.5 Å². The summed E-state index contributed by atoms with van der Waals surface area (Å²) in [7, 11) is 0. The van der Waals surface area contributed by atoms with Gasteiger partial charge in [0.05, 0.1) is 12.1 Å². The van der Waals surface area contributed by atoms with Crippen molar-refractivity contribution in [2.75, 3.05) is 12.3 Å². The molecule has 2 rings (SSSR count). The van der Waals surface area contributed by atoms with Gasteiger partial charge in [-0.25, -0.2) is 0 Å². The van der Waals surface area contributed by atoms with Crippen LogP contribution in [0.3, 0.4) is 0 Å². The smallest absolute Gasteiger partial charge is 0.251 e. The molecule has 0 bridgehead atoms. The SMILES string of the molecule is CC(C)(CO)NC(=O)c1cc(N)cc(-c2ccc(Cl)cc2)c1. The van der Waals surface area contributed by atoms with Crippen molar-refractivity contribution in [2.45, 2.75) is 19.4 Å². The summed E-state index contributed by atoms with van der Waals surface area (Å²) in [6.07, 6.45) is 0. The van der Waals surface area contributed by atoms with E-state index >= 15 is 0 Å². The predicted octanol–water partition coefficient (Wildman–Crippen LogP) is 3.09. The Bertz CT molecular complexity index is 682. The standard InChI is InChI=1S/C17H19ClN2O2/c1-17(2,10-21)20-16(22)13-7-12(8-15(19)9-13)11-3-5-14(18)6-4-11/h3-9,21H,10,19H2,1-2H3,(H,20,22). The highest BCUT2D eigenvalue weighted by molar-refractivity contribution is 6.30. The van der Waals surface area contributed by atoms with E-state index in [0.717, 1.165) is 11.1 Å². The van der Waals surface area contributed by atoms with Crippen LogP contribution < -0.4 is 11.1 Å². The molecule has 0 aliphatic carbocycles. The van der Waals surface area contributed by atoms with Crippen molar-refractivity contribution in [1.29, 1.82) is 0 Å². The number of carbonyl (C=O) groups is 1. The molecule has 0 atom stereocenters. The first kappa shape index (κ1) is 16.3. The number of rotatable bonds is 4. The molecule has 0 radical (unpaired) electrons. The van der Waals surface area contributed by atoms with Crippen LogP contribution in [0.1, 0.15) is 24.2 Å². The molecule has 2 aromatic carbocycles. The van der Waals surface area contributed by atoms with Crippen LogP contribution in [-0.4, -0.2) is 23.2 Å². The van der Waals surface area contributed by atoms with Gasteiger partial charge in [0.25, 0.3) is 5.91 Å². The quantitative estimate of drug-likeness (QED) is 0.758. The summed E-state index contributed by atoms with van der Waals surface area (Å²) in [6.45, 7) is 3.35. The number of halogens is 1. The lowest BCUT2D eigenvalue weighted by molar-refractivity contribution is 0.0869. The first-order valence-electron chi connectivity index (χ1n) is 6.90. The molecule has 2 aromatic rings. The number of benzene rings is 2. The lowest BCUT2D eigenvalue weighted by atomic mass is 10.0. The van der Waals surface area contributed by atoms with Crippen LogP contribution in [0, 0.1) is 0 Å². The molecule has 1 amide bonds. The summed E-state index contributed by atoms with van der Waals surface area (Å²) in [5.41, 5.74) is 7.92. The Morgan fingerprint density at radius 3 is 2.41 bits per heavy atom. The Morgan fingerprint density at radius 2 is 1.82 bits per heavy atom. The average molecular weight is 319 g/mol. The third kappa shape index (κ3) is 4.00. The molecule has 22 heavy (non-hydrogen) atoms. The van der Waals surface area contributed by atoms with E-state index in [1.165, 1.54) is 0 Å². The Kier molecular flexibility index (Phi) is 4.74. The topological polar surface area (TPSA) is 75.3 Å². The van der Waals surface area contributed by atoms with Gasteiger partial charge in [-0.3, -0.25) is 4.79 Å². The van der Waals surface area contributed by atoms with Crippen molar-refractivity contribution < 1.29 is 9.90 Å². The number of hydrogen-bond donors (Lipinski definition) is 3. The molecular formula is C17H19ClN2O2. The highest BCUT2D eigenvalue weighted by Gasteiger charge is 2.20. The van der Waals surface area contributed by atoms with Crippen molar-refractivity contribution in [3.05, 3.63) is 53.1 Å². The Balaban J connectivity index is 2.34. The molecule has 0 aliphatic heterocycles. The van der Waals surface area contributed by atoms with Crippen molar-refractivity contribution in [3.63, 3.8) is 0 Å². The van der Waals surface area contributed by atoms with Crippen LogP contribution >= 0.6 is 11.6 Å². The molecule has 116 valence electrons. The number of anilines is 1. The predicted molar refractivity (Wildman–Crippen MR) is 89.9 cm³/mol. The minimum absolute atomic E-state index is 0.148. The van der Waals surface area contributed by atoms with Gasteiger partial charge >= 0.3 is 0 Å². The molecule has 0 aliphatic rings. The lowest BCUT2D eigenvalue weighted by Crippen LogP contribution is -2.46. The third-order valence-corrected chi connectivity index (χ3v) is 3.49. The van der Waals surface area contributed by atoms with Crippen LogP contribution in [0.4, 0.5) is 5.69 Å². The zero-order chi connectivity index (χ0) is 16.3. The van der Waals surface area contributed by atoms with Crippen molar-refractivity contribution in [3.8, 4) is 11.1 Å². The number of hydrogen-bond acceptors (Lipinski definition) is 3. The Morgan fingerprint density at radius 1 is 1.18 bits per heavy atom. The summed E-state index contributed by atoms with van der Waals surface area (Å²) in [4.78, 5) is 12.3. The molecule has 0 saturated heterocycles. The highest BCUT2D eigenvalue weighted by atomic mass is 35.5. The van der Waals surface area contributed by atoms with E-state index in [4.69, 9.17) is 17.3 Å². The highest BCUT2D eigenvalue weighted by Crippen LogP contribution is 2.25. The minimum Gasteiger partial charge on any atom is -0.399 e. The van der Waals surface area contributed by atoms with Gasteiger partial charge in [-0.05, 0) is 55.3 Å². The minimum atomic E-state index is -0.692. The van der Waals surface area contributed by atoms with Crippen LogP contribution in [0.5, 0.6) is 0 Å². The maximum Gasteiger partial charge on any atom is 0.251 e. The van der Waals surface area contributed by atoms with E-state index in [-0.39, 0.29) is 12.5 Å². The van der Waals surface area contributed by atoms with E-state index in [2.05, 4.69) is 5.32 Å². The molecular weight excluding hydrogens is 300 g/mol. The molecule has 0 heterocycles. The summed E-state index contributed by atoms with van der Waals surface area (Å²) in [5.74, 6) is -0.276. The summed E-state index contributed by atoms with van der Waals surface area (Å²) >= 11 is 5.89. The van der Waals surface area contributed by atoms with Crippen LogP contribution in [0.25, 0.3) is 11.1 Å². The maximum absolute atomic E-state index is 12.3. The lowest BCUT2D eigenvalue weighted by Gasteiger charge is -2.23. The Labute approximate surface area is 134 Å². The number of nitrogen functional groups attached to an aromatic ring is 1. The number of nitrogens with two attached hydrogens (primary N) is 1. The van der Waals surface area contributed by atoms with Crippen LogP contribution in [0.2, 0.25) is 5.02 Å². The normalized spacial score (nSPS) is 11.3. The zero-order valence-corrected chi connectivity index (χ0v) is 13.3. The van der Waals surface area contributed by atoms with Crippen LogP contribution in [-0.2, 0) is 0 Å². The molecule has 0 aromatic heterocycles. The molecule has 0 fully saturated rings. The van der Waals surface area contributed by atoms with Gasteiger partial charge in [0.1, 0.15) is 0 Å². The third-order valence-electron chi connectivity index (χ3n) is 3.24. The monoisotopic (exact) mass is 318 g/mol. The molecule has 4 N–H and O–H groups in total. The first-order valence-corrected chi connectivity index (χ1v) is 7.28. The zero-order valence-electron chi connectivity index (χ0n) is 12.6. The van der Waals surface area contributed by atoms with Crippen molar-refractivity contribution >= 4 is 23.2 Å². The molecule has 0 unspecified atom stereocenters. The largest absolute Gasteiger partial charge is 0.399 e. The van der Waals surface area contributed by atoms with E-state index < -0.39 is 5.54 Å². The number of carbonyl (C=O) groups excluding carboxylic acids is 1. The molecule has 0 saturated carbocycles. The van der Waals surface area contributed by atoms with Crippen molar-refractivity contribution in [1.82, 2.24) is 5.32 Å². The average Bonchev–Trinajstić information content (AvgIpc) is 2.47. The number of nitrogens with one attached hydrogen (secondary N) is 1. The fraction of sp³-hybridized carbons (Fsp3) is 0.235. The van der Waals surface area contributed by atoms with Gasteiger partial charge in [0.2, 0.25) is 0 Å². The van der Waals surface area contributed by atoms with Gasteiger partial charge in [0, 0.05) is 16.3 Å². The van der Waals surface area contributed by atoms with Crippen molar-refractivity contribution in [2.24, 2.45) is 0 Å². The number of amides is 1. The second-order valence-electron chi connectivity index (χ2n) is 5.85. The molecule has 0 spiro atoms. The summed E-state index contributed by atoms with van der Waals surface area (Å²) in [6, 6.07) is 12.5. The fourth-order valence-corrected chi connectivity index (χ4v) is 2.14. The second-order valence-corrected chi connectivity index (χ2v) is 6.28. The number of aliphatic hydroxyl groups excluding tert-OH is 1. The van der Waals surface area contributed by atoms with Gasteiger partial charge in [-0.1, -0.05) is 23.7 Å². The van der Waals surface area contributed by atoms with Gasteiger partial charge in [-0.15, -0.1) is 0 Å². The van der Waals surface area contributed by atoms with Gasteiger partial charge < -0.3 is 16.2 Å². The van der Waals surface area contributed by atoms with E-state index in [9.17, 15) is 9.90 Å². The molecule has 4 nitrogen and oxygen atoms in total. The van der Waals surface area contributed by atoms with E-state index in [1.807, 2.05) is 12.1 Å². The van der Waals surface area contributed by atoms with Gasteiger partial charge in [0.15, 0.2) is 0 Å². The van der Waals surface area contributed by atoms with E-state index in [1.54, 1.807) is 44.2 Å². The van der Waals surface area contributed by atoms with E-state index in [0.29, 0.717) is 16.3 Å². The second kappa shape index (κ2) is 6.38. The summed E-state index contributed by atoms with van der Waals surface area (Å²) in [5, 5.41) is 12.7. The fourth-order valence-electron chi connectivity index (χ4n) is 2.01. The van der Waals surface area contributed by atoms with Gasteiger partial charge in [-0.2, -0.15) is 0 Å². The maximum atomic E-state index is 12.3. The Hall–Kier alpha value is -2.04. The molecule has 5 heteroatoms.